The van der Waals surface area contributed by atoms with Crippen LogP contribution in [0.3, 0.4) is 0 Å². The van der Waals surface area contributed by atoms with Crippen LogP contribution >= 0.6 is 0 Å². The van der Waals surface area contributed by atoms with Gasteiger partial charge in [0.05, 0.1) is 5.69 Å². The van der Waals surface area contributed by atoms with E-state index in [1.807, 2.05) is 0 Å². The van der Waals surface area contributed by atoms with Crippen LogP contribution in [0, 0.1) is 0 Å². The molecule has 0 bridgehead atoms. The van der Waals surface area contributed by atoms with Gasteiger partial charge in [-0.05, 0) is 25.8 Å². The van der Waals surface area contributed by atoms with Crippen LogP contribution in [0.25, 0.3) is 0 Å². The zero-order chi connectivity index (χ0) is 11.8. The van der Waals surface area contributed by atoms with Gasteiger partial charge < -0.3 is 10.4 Å². The number of carbonyl (C=O) groups is 1. The van der Waals surface area contributed by atoms with E-state index in [4.69, 9.17) is 0 Å². The van der Waals surface area contributed by atoms with E-state index in [0.29, 0.717) is 18.9 Å². The highest BCUT2D eigenvalue weighted by molar-refractivity contribution is 5.87. The van der Waals surface area contributed by atoms with Gasteiger partial charge in [-0.15, -0.1) is 0 Å². The molecule has 0 amide bonds. The summed E-state index contributed by atoms with van der Waals surface area (Å²) < 4.78 is 0. The zero-order valence-electron chi connectivity index (χ0n) is 9.57. The van der Waals surface area contributed by atoms with Crippen molar-refractivity contribution in [3.05, 3.63) is 22.8 Å². The van der Waals surface area contributed by atoms with Gasteiger partial charge >= 0.3 is 5.97 Å². The Bertz CT molecular complexity index is 469. The van der Waals surface area contributed by atoms with E-state index in [1.165, 1.54) is 6.42 Å². The van der Waals surface area contributed by atoms with Gasteiger partial charge in [-0.25, -0.2) is 14.8 Å². The highest BCUT2D eigenvalue weighted by Crippen LogP contribution is 2.35. The SMILES string of the molecule is O=C(O)c1nc(C2CCC2)nc2c1CCNC2. The second-order valence-corrected chi connectivity index (χ2v) is 4.72. The Morgan fingerprint density at radius 2 is 2.18 bits per heavy atom. The van der Waals surface area contributed by atoms with Crippen molar-refractivity contribution < 1.29 is 9.90 Å². The summed E-state index contributed by atoms with van der Waals surface area (Å²) >= 11 is 0. The molecule has 2 aliphatic rings. The van der Waals surface area contributed by atoms with Crippen molar-refractivity contribution in [2.75, 3.05) is 6.54 Å². The molecule has 17 heavy (non-hydrogen) atoms. The summed E-state index contributed by atoms with van der Waals surface area (Å²) in [4.78, 5) is 20.1. The van der Waals surface area contributed by atoms with E-state index in [0.717, 1.165) is 36.5 Å². The lowest BCUT2D eigenvalue weighted by molar-refractivity contribution is 0.0687. The normalized spacial score (nSPS) is 19.5. The molecule has 1 aromatic heterocycles. The van der Waals surface area contributed by atoms with Crippen molar-refractivity contribution >= 4 is 5.97 Å². The van der Waals surface area contributed by atoms with Crippen molar-refractivity contribution in [1.29, 1.82) is 0 Å². The average molecular weight is 233 g/mol. The van der Waals surface area contributed by atoms with Crippen molar-refractivity contribution in [3.8, 4) is 0 Å². The minimum absolute atomic E-state index is 0.221. The first kappa shape index (κ1) is 10.7. The standard InChI is InChI=1S/C12H15N3O2/c16-12(17)10-8-4-5-13-6-9(8)14-11(15-10)7-2-1-3-7/h7,13H,1-6H2,(H,16,17). The van der Waals surface area contributed by atoms with Crippen molar-refractivity contribution in [2.24, 2.45) is 0 Å². The van der Waals surface area contributed by atoms with Gasteiger partial charge in [-0.1, -0.05) is 6.42 Å². The summed E-state index contributed by atoms with van der Waals surface area (Å²) in [5.74, 6) is 0.183. The Kier molecular flexibility index (Phi) is 2.55. The van der Waals surface area contributed by atoms with Crippen molar-refractivity contribution in [2.45, 2.75) is 38.1 Å². The third kappa shape index (κ3) is 1.80. The minimum Gasteiger partial charge on any atom is -0.477 e. The maximum Gasteiger partial charge on any atom is 0.354 e. The number of nitrogens with one attached hydrogen (secondary N) is 1. The van der Waals surface area contributed by atoms with Gasteiger partial charge in [0.15, 0.2) is 5.69 Å². The van der Waals surface area contributed by atoms with Crippen LogP contribution in [0.4, 0.5) is 0 Å². The van der Waals surface area contributed by atoms with Gasteiger partial charge in [0, 0.05) is 18.0 Å². The Balaban J connectivity index is 2.07. The lowest BCUT2D eigenvalue weighted by Gasteiger charge is -2.26. The second kappa shape index (κ2) is 4.07. The number of rotatable bonds is 2. The fraction of sp³-hybridized carbons (Fsp3) is 0.583. The Morgan fingerprint density at radius 3 is 2.82 bits per heavy atom. The van der Waals surface area contributed by atoms with Gasteiger partial charge in [0.1, 0.15) is 5.82 Å². The molecule has 0 aromatic carbocycles. The third-order valence-corrected chi connectivity index (χ3v) is 3.63. The summed E-state index contributed by atoms with van der Waals surface area (Å²) in [6.07, 6.45) is 4.09. The molecule has 2 heterocycles. The molecule has 0 radical (unpaired) electrons. The molecule has 5 heteroatoms. The number of carboxylic acids is 1. The van der Waals surface area contributed by atoms with Gasteiger partial charge in [-0.2, -0.15) is 0 Å². The highest BCUT2D eigenvalue weighted by atomic mass is 16.4. The smallest absolute Gasteiger partial charge is 0.354 e. The molecule has 1 fully saturated rings. The number of fused-ring (bicyclic) bond motifs is 1. The summed E-state index contributed by atoms with van der Waals surface area (Å²) in [6.45, 7) is 1.47. The predicted octanol–water partition coefficient (Wildman–Crippen LogP) is 1.09. The Morgan fingerprint density at radius 1 is 1.35 bits per heavy atom. The number of hydrogen-bond acceptors (Lipinski definition) is 4. The number of carboxylic acid groups (broad SMARTS) is 1. The predicted molar refractivity (Wildman–Crippen MR) is 61.0 cm³/mol. The van der Waals surface area contributed by atoms with Crippen LogP contribution in [0.5, 0.6) is 0 Å². The molecule has 2 N–H and O–H groups in total. The van der Waals surface area contributed by atoms with Crippen molar-refractivity contribution in [3.63, 3.8) is 0 Å². The first-order chi connectivity index (χ1) is 8.25. The van der Waals surface area contributed by atoms with E-state index in [1.54, 1.807) is 0 Å². The lowest BCUT2D eigenvalue weighted by Crippen LogP contribution is -2.29. The molecule has 1 aliphatic heterocycles. The Hall–Kier alpha value is -1.49. The lowest BCUT2D eigenvalue weighted by atomic mass is 9.84. The first-order valence-electron chi connectivity index (χ1n) is 6.09. The van der Waals surface area contributed by atoms with E-state index < -0.39 is 5.97 Å². The highest BCUT2D eigenvalue weighted by Gasteiger charge is 2.27. The number of hydrogen-bond donors (Lipinski definition) is 2. The third-order valence-electron chi connectivity index (χ3n) is 3.63. The molecule has 3 rings (SSSR count). The second-order valence-electron chi connectivity index (χ2n) is 4.72. The summed E-state index contributed by atoms with van der Waals surface area (Å²) in [7, 11) is 0. The molecule has 1 saturated carbocycles. The first-order valence-corrected chi connectivity index (χ1v) is 6.09. The largest absolute Gasteiger partial charge is 0.477 e. The monoisotopic (exact) mass is 233 g/mol. The van der Waals surface area contributed by atoms with Crippen LogP contribution < -0.4 is 5.32 Å². The topological polar surface area (TPSA) is 75.1 Å². The summed E-state index contributed by atoms with van der Waals surface area (Å²) in [5.41, 5.74) is 1.92. The van der Waals surface area contributed by atoms with Crippen LogP contribution in [-0.4, -0.2) is 27.6 Å². The molecule has 1 aromatic rings. The van der Waals surface area contributed by atoms with E-state index in [2.05, 4.69) is 15.3 Å². The molecule has 0 spiro atoms. The fourth-order valence-electron chi connectivity index (χ4n) is 2.40. The fourth-order valence-corrected chi connectivity index (χ4v) is 2.40. The molecular weight excluding hydrogens is 218 g/mol. The van der Waals surface area contributed by atoms with Crippen molar-refractivity contribution in [1.82, 2.24) is 15.3 Å². The van der Waals surface area contributed by atoms with E-state index in [-0.39, 0.29) is 5.69 Å². The summed E-state index contributed by atoms with van der Waals surface area (Å²) in [5, 5.41) is 12.5. The number of aromatic carboxylic acids is 1. The van der Waals surface area contributed by atoms with Gasteiger partial charge in [0.2, 0.25) is 0 Å². The number of nitrogens with zero attached hydrogens (tertiary/aromatic N) is 2. The molecule has 0 saturated heterocycles. The van der Waals surface area contributed by atoms with Crippen LogP contribution in [0.2, 0.25) is 0 Å². The Labute approximate surface area is 99.3 Å². The van der Waals surface area contributed by atoms with Crippen LogP contribution in [0.15, 0.2) is 0 Å². The molecule has 90 valence electrons. The quantitative estimate of drug-likeness (QED) is 0.799. The van der Waals surface area contributed by atoms with Crippen LogP contribution in [0.1, 0.15) is 52.8 Å². The number of aromatic nitrogens is 2. The van der Waals surface area contributed by atoms with E-state index in [9.17, 15) is 9.90 Å². The maximum atomic E-state index is 11.2. The van der Waals surface area contributed by atoms with Gasteiger partial charge in [-0.3, -0.25) is 0 Å². The molecule has 0 unspecified atom stereocenters. The van der Waals surface area contributed by atoms with Crippen LogP contribution in [-0.2, 0) is 13.0 Å². The molecule has 1 aliphatic carbocycles. The average Bonchev–Trinajstić information content (AvgIpc) is 2.25. The zero-order valence-corrected chi connectivity index (χ0v) is 9.57. The molecule has 0 atom stereocenters. The molecular formula is C12H15N3O2. The minimum atomic E-state index is -0.925. The maximum absolute atomic E-state index is 11.2. The van der Waals surface area contributed by atoms with E-state index >= 15 is 0 Å². The summed E-state index contributed by atoms with van der Waals surface area (Å²) in [6, 6.07) is 0. The van der Waals surface area contributed by atoms with Gasteiger partial charge in [0.25, 0.3) is 0 Å². The molecule has 5 nitrogen and oxygen atoms in total.